The molecule has 0 saturated heterocycles. The summed E-state index contributed by atoms with van der Waals surface area (Å²) in [6.07, 6.45) is 0. The minimum Gasteiger partial charge on any atom is -0.350 e. The molecule has 1 heterocycles. The van der Waals surface area contributed by atoms with E-state index in [4.69, 9.17) is 0 Å². The van der Waals surface area contributed by atoms with Crippen LogP contribution in [0.15, 0.2) is 72.8 Å². The van der Waals surface area contributed by atoms with E-state index in [1.54, 1.807) is 48.5 Å². The second-order valence-electron chi connectivity index (χ2n) is 7.75. The van der Waals surface area contributed by atoms with E-state index in [2.05, 4.69) is 10.6 Å². The molecule has 0 fully saturated rings. The van der Waals surface area contributed by atoms with Gasteiger partial charge < -0.3 is 10.6 Å². The molecule has 7 nitrogen and oxygen atoms in total. The summed E-state index contributed by atoms with van der Waals surface area (Å²) in [6.45, 7) is 1.79. The Labute approximate surface area is 190 Å². The highest BCUT2D eigenvalue weighted by Crippen LogP contribution is 2.33. The fourth-order valence-electron chi connectivity index (χ4n) is 3.55. The van der Waals surface area contributed by atoms with Gasteiger partial charge in [-0.25, -0.2) is 9.18 Å². The van der Waals surface area contributed by atoms with Gasteiger partial charge in [0.1, 0.15) is 18.9 Å². The number of nitrogens with one attached hydrogen (secondary N) is 2. The monoisotopic (exact) mass is 446 g/mol. The van der Waals surface area contributed by atoms with Crippen LogP contribution in [-0.4, -0.2) is 30.9 Å². The summed E-state index contributed by atoms with van der Waals surface area (Å²) in [5, 5.41) is 5.55. The van der Waals surface area contributed by atoms with Gasteiger partial charge in [0.25, 0.3) is 0 Å². The van der Waals surface area contributed by atoms with Crippen LogP contribution in [0.3, 0.4) is 0 Å². The Morgan fingerprint density at radius 1 is 0.939 bits per heavy atom. The van der Waals surface area contributed by atoms with Gasteiger partial charge in [0, 0.05) is 12.2 Å². The highest BCUT2D eigenvalue weighted by Gasteiger charge is 2.33. The minimum absolute atomic E-state index is 0.190. The standard InChI is InChI=1S/C25H23FN4O3/c1-17-6-12-20(13-7-17)28-25(33)30-16-24(32)29(21-4-2-3-5-22(21)30)15-23(31)27-14-18-8-10-19(26)11-9-18/h2-13H,14-16H2,1H3,(H,27,31)(H,28,33). The molecule has 0 radical (unpaired) electrons. The smallest absolute Gasteiger partial charge is 0.326 e. The highest BCUT2D eigenvalue weighted by molar-refractivity contribution is 6.15. The fraction of sp³-hybridized carbons (Fsp3) is 0.160. The molecule has 33 heavy (non-hydrogen) atoms. The van der Waals surface area contributed by atoms with Crippen molar-refractivity contribution >= 4 is 34.9 Å². The van der Waals surface area contributed by atoms with Crippen molar-refractivity contribution < 1.29 is 18.8 Å². The summed E-state index contributed by atoms with van der Waals surface area (Å²) in [4.78, 5) is 41.1. The van der Waals surface area contributed by atoms with E-state index in [1.165, 1.54) is 21.9 Å². The zero-order valence-corrected chi connectivity index (χ0v) is 18.0. The number of benzene rings is 3. The minimum atomic E-state index is -0.430. The molecule has 0 unspecified atom stereocenters. The number of aryl methyl sites for hydroxylation is 1. The van der Waals surface area contributed by atoms with Crippen LogP contribution < -0.4 is 20.4 Å². The maximum Gasteiger partial charge on any atom is 0.326 e. The number of rotatable bonds is 5. The Bertz CT molecular complexity index is 1180. The van der Waals surface area contributed by atoms with Crippen LogP contribution in [0, 0.1) is 12.7 Å². The molecule has 3 aromatic carbocycles. The molecule has 4 rings (SSSR count). The lowest BCUT2D eigenvalue weighted by Gasteiger charge is -2.35. The van der Waals surface area contributed by atoms with Crippen molar-refractivity contribution in [3.63, 3.8) is 0 Å². The lowest BCUT2D eigenvalue weighted by Crippen LogP contribution is -2.51. The van der Waals surface area contributed by atoms with E-state index < -0.39 is 6.03 Å². The Morgan fingerprint density at radius 3 is 2.30 bits per heavy atom. The maximum absolute atomic E-state index is 13.0. The Kier molecular flexibility index (Phi) is 6.35. The summed E-state index contributed by atoms with van der Waals surface area (Å²) in [5.41, 5.74) is 3.45. The molecule has 0 atom stereocenters. The third-order valence-electron chi connectivity index (χ3n) is 5.31. The number of hydrogen-bond donors (Lipinski definition) is 2. The number of carbonyl (C=O) groups is 3. The summed E-state index contributed by atoms with van der Waals surface area (Å²) in [7, 11) is 0. The molecule has 1 aliphatic heterocycles. The van der Waals surface area contributed by atoms with Gasteiger partial charge in [-0.05, 0) is 48.9 Å². The fourth-order valence-corrected chi connectivity index (χ4v) is 3.55. The van der Waals surface area contributed by atoms with Crippen molar-refractivity contribution in [3.8, 4) is 0 Å². The highest BCUT2D eigenvalue weighted by atomic mass is 19.1. The van der Waals surface area contributed by atoms with Crippen LogP contribution in [0.1, 0.15) is 11.1 Å². The molecule has 168 valence electrons. The zero-order chi connectivity index (χ0) is 23.4. The van der Waals surface area contributed by atoms with Crippen LogP contribution >= 0.6 is 0 Å². The molecule has 0 bridgehead atoms. The third-order valence-corrected chi connectivity index (χ3v) is 5.31. The molecule has 0 spiro atoms. The lowest BCUT2D eigenvalue weighted by molar-refractivity contribution is -0.123. The number of carbonyl (C=O) groups excluding carboxylic acids is 3. The number of hydrogen-bond acceptors (Lipinski definition) is 3. The topological polar surface area (TPSA) is 81.8 Å². The van der Waals surface area contributed by atoms with Crippen molar-refractivity contribution in [3.05, 3.63) is 89.7 Å². The Morgan fingerprint density at radius 2 is 1.61 bits per heavy atom. The van der Waals surface area contributed by atoms with E-state index in [0.717, 1.165) is 11.1 Å². The lowest BCUT2D eigenvalue weighted by atomic mass is 10.1. The Balaban J connectivity index is 1.46. The van der Waals surface area contributed by atoms with Crippen molar-refractivity contribution in [1.82, 2.24) is 5.32 Å². The first kappa shape index (κ1) is 22.0. The first-order chi connectivity index (χ1) is 15.9. The van der Waals surface area contributed by atoms with E-state index >= 15 is 0 Å². The first-order valence-corrected chi connectivity index (χ1v) is 10.5. The van der Waals surface area contributed by atoms with Gasteiger partial charge in [-0.3, -0.25) is 19.4 Å². The number of anilines is 3. The predicted molar refractivity (Wildman–Crippen MR) is 125 cm³/mol. The summed E-state index contributed by atoms with van der Waals surface area (Å²) in [6, 6.07) is 19.7. The summed E-state index contributed by atoms with van der Waals surface area (Å²) in [5.74, 6) is -1.08. The van der Waals surface area contributed by atoms with Crippen LogP contribution in [0.4, 0.5) is 26.2 Å². The van der Waals surface area contributed by atoms with Gasteiger partial charge in [-0.1, -0.05) is 42.0 Å². The number of urea groups is 1. The van der Waals surface area contributed by atoms with Crippen molar-refractivity contribution in [2.75, 3.05) is 28.2 Å². The summed E-state index contributed by atoms with van der Waals surface area (Å²) < 4.78 is 13.0. The van der Waals surface area contributed by atoms with Gasteiger partial charge in [0.15, 0.2) is 0 Å². The second-order valence-corrected chi connectivity index (χ2v) is 7.75. The molecule has 4 amide bonds. The maximum atomic E-state index is 13.0. The molecule has 8 heteroatoms. The average molecular weight is 446 g/mol. The van der Waals surface area contributed by atoms with Crippen LogP contribution in [0.2, 0.25) is 0 Å². The molecule has 0 aromatic heterocycles. The van der Waals surface area contributed by atoms with Gasteiger partial charge in [0.05, 0.1) is 11.4 Å². The number of fused-ring (bicyclic) bond motifs is 1. The van der Waals surface area contributed by atoms with E-state index in [9.17, 15) is 18.8 Å². The number of halogens is 1. The Hall–Kier alpha value is -4.20. The van der Waals surface area contributed by atoms with Gasteiger partial charge in [0.2, 0.25) is 11.8 Å². The predicted octanol–water partition coefficient (Wildman–Crippen LogP) is 3.84. The summed E-state index contributed by atoms with van der Waals surface area (Å²) >= 11 is 0. The molecular formula is C25H23FN4O3. The van der Waals surface area contributed by atoms with Crippen LogP contribution in [-0.2, 0) is 16.1 Å². The first-order valence-electron chi connectivity index (χ1n) is 10.5. The molecule has 2 N–H and O–H groups in total. The van der Waals surface area contributed by atoms with E-state index in [1.807, 2.05) is 19.1 Å². The molecule has 0 saturated carbocycles. The van der Waals surface area contributed by atoms with Crippen molar-refractivity contribution in [1.29, 1.82) is 0 Å². The molecule has 1 aliphatic rings. The number of para-hydroxylation sites is 2. The number of nitrogens with zero attached hydrogens (tertiary/aromatic N) is 2. The quantitative estimate of drug-likeness (QED) is 0.625. The van der Waals surface area contributed by atoms with E-state index in [-0.39, 0.29) is 37.3 Å². The van der Waals surface area contributed by atoms with Gasteiger partial charge in [-0.15, -0.1) is 0 Å². The van der Waals surface area contributed by atoms with Gasteiger partial charge in [-0.2, -0.15) is 0 Å². The SMILES string of the molecule is Cc1ccc(NC(=O)N2CC(=O)N(CC(=O)NCc3ccc(F)cc3)c3ccccc32)cc1. The van der Waals surface area contributed by atoms with Crippen molar-refractivity contribution in [2.24, 2.45) is 0 Å². The zero-order valence-electron chi connectivity index (χ0n) is 18.0. The third kappa shape index (κ3) is 5.17. The van der Waals surface area contributed by atoms with E-state index in [0.29, 0.717) is 17.1 Å². The van der Waals surface area contributed by atoms with Gasteiger partial charge >= 0.3 is 6.03 Å². The number of amides is 4. The van der Waals surface area contributed by atoms with Crippen LogP contribution in [0.25, 0.3) is 0 Å². The molecule has 0 aliphatic carbocycles. The van der Waals surface area contributed by atoms with Crippen molar-refractivity contribution in [2.45, 2.75) is 13.5 Å². The second kappa shape index (κ2) is 9.52. The van der Waals surface area contributed by atoms with Crippen LogP contribution in [0.5, 0.6) is 0 Å². The average Bonchev–Trinajstić information content (AvgIpc) is 2.81. The normalized spacial score (nSPS) is 12.8. The molecular weight excluding hydrogens is 423 g/mol. The largest absolute Gasteiger partial charge is 0.350 e. The molecule has 3 aromatic rings.